The van der Waals surface area contributed by atoms with Crippen LogP contribution in [0.2, 0.25) is 0 Å². The number of morpholine rings is 1. The molecule has 0 spiro atoms. The number of halogens is 1. The molecule has 1 aliphatic rings. The van der Waals surface area contributed by atoms with Crippen molar-refractivity contribution in [3.05, 3.63) is 24.4 Å². The largest absolute Gasteiger partial charge is 0.374 e. The van der Waals surface area contributed by atoms with Crippen molar-refractivity contribution in [2.75, 3.05) is 29.9 Å². The first-order chi connectivity index (χ1) is 6.90. The monoisotopic (exact) mass is 256 g/mol. The molecule has 1 fully saturated rings. The molecule has 0 aliphatic carbocycles. The first kappa shape index (κ1) is 9.93. The molecule has 1 aromatic rings. The Balaban J connectivity index is 2.04. The Kier molecular flexibility index (Phi) is 3.37. The summed E-state index contributed by atoms with van der Waals surface area (Å²) in [5.41, 5.74) is 0. The van der Waals surface area contributed by atoms with Gasteiger partial charge in [-0.3, -0.25) is 0 Å². The lowest BCUT2D eigenvalue weighted by Crippen LogP contribution is -2.43. The maximum atomic E-state index is 5.56. The van der Waals surface area contributed by atoms with E-state index in [1.807, 2.05) is 24.4 Å². The van der Waals surface area contributed by atoms with Gasteiger partial charge in [0.1, 0.15) is 5.82 Å². The zero-order valence-electron chi connectivity index (χ0n) is 7.90. The van der Waals surface area contributed by atoms with Crippen LogP contribution < -0.4 is 4.90 Å². The molecule has 3 nitrogen and oxygen atoms in total. The third-order valence-corrected chi connectivity index (χ3v) is 3.01. The molecule has 0 bridgehead atoms. The summed E-state index contributed by atoms with van der Waals surface area (Å²) in [7, 11) is 0. The van der Waals surface area contributed by atoms with Gasteiger partial charge in [-0.05, 0) is 12.1 Å². The highest BCUT2D eigenvalue weighted by Crippen LogP contribution is 2.14. The second kappa shape index (κ2) is 4.75. The highest BCUT2D eigenvalue weighted by Gasteiger charge is 2.19. The minimum atomic E-state index is 0.283. The molecule has 2 heterocycles. The smallest absolute Gasteiger partial charge is 0.128 e. The Morgan fingerprint density at radius 2 is 2.50 bits per heavy atom. The van der Waals surface area contributed by atoms with Crippen LogP contribution in [0.1, 0.15) is 0 Å². The third-order valence-electron chi connectivity index (χ3n) is 2.28. The maximum Gasteiger partial charge on any atom is 0.128 e. The average Bonchev–Trinajstić information content (AvgIpc) is 2.30. The summed E-state index contributed by atoms with van der Waals surface area (Å²) in [5, 5.41) is 0.885. The lowest BCUT2D eigenvalue weighted by atomic mass is 10.3. The summed E-state index contributed by atoms with van der Waals surface area (Å²) in [5.74, 6) is 1.04. The van der Waals surface area contributed by atoms with E-state index in [0.717, 1.165) is 30.8 Å². The minimum absolute atomic E-state index is 0.283. The molecule has 1 aliphatic heterocycles. The third kappa shape index (κ3) is 2.25. The zero-order valence-corrected chi connectivity index (χ0v) is 9.48. The fourth-order valence-corrected chi connectivity index (χ4v) is 1.95. The van der Waals surface area contributed by atoms with E-state index in [1.165, 1.54) is 0 Å². The van der Waals surface area contributed by atoms with Gasteiger partial charge in [-0.2, -0.15) is 0 Å². The van der Waals surface area contributed by atoms with E-state index in [4.69, 9.17) is 4.74 Å². The molecule has 0 aromatic carbocycles. The standard InChI is InChI=1S/C10H13BrN2O/c11-7-9-8-13(5-6-14-9)10-3-1-2-4-12-10/h1-4,9H,5-8H2. The van der Waals surface area contributed by atoms with Crippen molar-refractivity contribution in [3.8, 4) is 0 Å². The Labute approximate surface area is 92.2 Å². The normalized spacial score (nSPS) is 22.4. The number of nitrogens with zero attached hydrogens (tertiary/aromatic N) is 2. The lowest BCUT2D eigenvalue weighted by Gasteiger charge is -2.32. The van der Waals surface area contributed by atoms with Crippen molar-refractivity contribution in [3.63, 3.8) is 0 Å². The summed E-state index contributed by atoms with van der Waals surface area (Å²) in [6.07, 6.45) is 2.11. The van der Waals surface area contributed by atoms with Crippen molar-refractivity contribution in [2.24, 2.45) is 0 Å². The summed E-state index contributed by atoms with van der Waals surface area (Å²) in [4.78, 5) is 6.59. The van der Waals surface area contributed by atoms with Gasteiger partial charge >= 0.3 is 0 Å². The molecule has 1 saturated heterocycles. The van der Waals surface area contributed by atoms with Gasteiger partial charge in [0.25, 0.3) is 0 Å². The molecule has 14 heavy (non-hydrogen) atoms. The van der Waals surface area contributed by atoms with Crippen molar-refractivity contribution >= 4 is 21.7 Å². The predicted octanol–water partition coefficient (Wildman–Crippen LogP) is 1.68. The number of rotatable bonds is 2. The van der Waals surface area contributed by atoms with Crippen LogP contribution in [-0.2, 0) is 4.74 Å². The molecule has 1 aromatic heterocycles. The number of ether oxygens (including phenoxy) is 1. The predicted molar refractivity (Wildman–Crippen MR) is 60.0 cm³/mol. The quantitative estimate of drug-likeness (QED) is 0.754. The molecule has 0 N–H and O–H groups in total. The second-order valence-electron chi connectivity index (χ2n) is 3.28. The molecule has 76 valence electrons. The van der Waals surface area contributed by atoms with Gasteiger partial charge in [0.2, 0.25) is 0 Å². The molecule has 0 radical (unpaired) electrons. The highest BCUT2D eigenvalue weighted by molar-refractivity contribution is 9.09. The van der Waals surface area contributed by atoms with E-state index >= 15 is 0 Å². The Morgan fingerprint density at radius 1 is 1.57 bits per heavy atom. The number of hydrogen-bond donors (Lipinski definition) is 0. The van der Waals surface area contributed by atoms with Crippen LogP contribution in [0.3, 0.4) is 0 Å². The number of hydrogen-bond acceptors (Lipinski definition) is 3. The van der Waals surface area contributed by atoms with Crippen LogP contribution in [0.15, 0.2) is 24.4 Å². The minimum Gasteiger partial charge on any atom is -0.374 e. The fraction of sp³-hybridized carbons (Fsp3) is 0.500. The molecular formula is C10H13BrN2O. The van der Waals surface area contributed by atoms with Gasteiger partial charge in [-0.1, -0.05) is 22.0 Å². The molecular weight excluding hydrogens is 244 g/mol. The lowest BCUT2D eigenvalue weighted by molar-refractivity contribution is 0.0568. The van der Waals surface area contributed by atoms with Crippen LogP contribution >= 0.6 is 15.9 Å². The second-order valence-corrected chi connectivity index (χ2v) is 3.93. The van der Waals surface area contributed by atoms with E-state index in [2.05, 4.69) is 25.8 Å². The maximum absolute atomic E-state index is 5.56. The number of aromatic nitrogens is 1. The van der Waals surface area contributed by atoms with Crippen molar-refractivity contribution < 1.29 is 4.74 Å². The summed E-state index contributed by atoms with van der Waals surface area (Å²) < 4.78 is 5.56. The van der Waals surface area contributed by atoms with Gasteiger partial charge < -0.3 is 9.64 Å². The van der Waals surface area contributed by atoms with Gasteiger partial charge in [0, 0.05) is 24.6 Å². The highest BCUT2D eigenvalue weighted by atomic mass is 79.9. The summed E-state index contributed by atoms with van der Waals surface area (Å²) >= 11 is 3.44. The van der Waals surface area contributed by atoms with Gasteiger partial charge in [0.05, 0.1) is 12.7 Å². The molecule has 1 unspecified atom stereocenters. The van der Waals surface area contributed by atoms with Gasteiger partial charge in [-0.25, -0.2) is 4.98 Å². The fourth-order valence-electron chi connectivity index (χ4n) is 1.56. The van der Waals surface area contributed by atoms with Crippen molar-refractivity contribution in [1.29, 1.82) is 0 Å². The topological polar surface area (TPSA) is 25.4 Å². The Bertz CT molecular complexity index is 281. The van der Waals surface area contributed by atoms with E-state index in [-0.39, 0.29) is 6.10 Å². The number of alkyl halides is 1. The van der Waals surface area contributed by atoms with E-state index in [1.54, 1.807) is 0 Å². The zero-order chi connectivity index (χ0) is 9.80. The Morgan fingerprint density at radius 3 is 3.21 bits per heavy atom. The van der Waals surface area contributed by atoms with E-state index in [9.17, 15) is 0 Å². The van der Waals surface area contributed by atoms with Gasteiger partial charge in [-0.15, -0.1) is 0 Å². The number of anilines is 1. The number of pyridine rings is 1. The molecule has 4 heteroatoms. The van der Waals surface area contributed by atoms with Crippen LogP contribution in [0.4, 0.5) is 5.82 Å². The van der Waals surface area contributed by atoms with Crippen LogP contribution in [-0.4, -0.2) is 36.1 Å². The average molecular weight is 257 g/mol. The van der Waals surface area contributed by atoms with E-state index in [0.29, 0.717) is 0 Å². The van der Waals surface area contributed by atoms with Crippen LogP contribution in [0.5, 0.6) is 0 Å². The van der Waals surface area contributed by atoms with Crippen LogP contribution in [0, 0.1) is 0 Å². The molecule has 0 saturated carbocycles. The van der Waals surface area contributed by atoms with Crippen molar-refractivity contribution in [2.45, 2.75) is 6.10 Å². The van der Waals surface area contributed by atoms with Crippen LogP contribution in [0.25, 0.3) is 0 Å². The molecule has 2 rings (SSSR count). The van der Waals surface area contributed by atoms with E-state index < -0.39 is 0 Å². The first-order valence-corrected chi connectivity index (χ1v) is 5.86. The van der Waals surface area contributed by atoms with Gasteiger partial charge in [0.15, 0.2) is 0 Å². The Hall–Kier alpha value is -0.610. The van der Waals surface area contributed by atoms with Crippen molar-refractivity contribution in [1.82, 2.24) is 4.98 Å². The molecule has 1 atom stereocenters. The summed E-state index contributed by atoms with van der Waals surface area (Å²) in [6.45, 7) is 2.63. The summed E-state index contributed by atoms with van der Waals surface area (Å²) in [6, 6.07) is 5.99. The first-order valence-electron chi connectivity index (χ1n) is 4.73. The SMILES string of the molecule is BrCC1CN(c2ccccn2)CCO1. The molecule has 0 amide bonds.